The number of hydrogen-bond donors (Lipinski definition) is 5. The lowest BCUT2D eigenvalue weighted by Gasteiger charge is -2.24. The van der Waals surface area contributed by atoms with Gasteiger partial charge in [-0.3, -0.25) is 43.5 Å². The van der Waals surface area contributed by atoms with Crippen molar-refractivity contribution in [1.82, 2.24) is 9.97 Å². The molecule has 136 heavy (non-hydrogen) atoms. The van der Waals surface area contributed by atoms with Gasteiger partial charge >= 0.3 is 17.9 Å². The van der Waals surface area contributed by atoms with E-state index in [0.29, 0.717) is 59.9 Å². The summed E-state index contributed by atoms with van der Waals surface area (Å²) in [5, 5.41) is 49.0. The van der Waals surface area contributed by atoms with Gasteiger partial charge in [0, 0.05) is 150 Å². The van der Waals surface area contributed by atoms with Crippen molar-refractivity contribution in [3.05, 3.63) is 390 Å². The van der Waals surface area contributed by atoms with Crippen LogP contribution in [0.2, 0.25) is 15.1 Å². The van der Waals surface area contributed by atoms with Crippen LogP contribution in [0, 0.1) is 5.21 Å². The van der Waals surface area contributed by atoms with Crippen LogP contribution in [-0.4, -0.2) is 129 Å². The van der Waals surface area contributed by atoms with Crippen molar-refractivity contribution in [2.45, 2.75) is 163 Å². The van der Waals surface area contributed by atoms with Crippen molar-refractivity contribution in [2.24, 2.45) is 0 Å². The Morgan fingerprint density at radius 2 is 0.654 bits per heavy atom. The molecule has 0 unspecified atom stereocenters. The van der Waals surface area contributed by atoms with Crippen molar-refractivity contribution in [3.63, 3.8) is 0 Å². The summed E-state index contributed by atoms with van der Waals surface area (Å²) in [6.07, 6.45) is 8.53. The maximum absolute atomic E-state index is 13.0. The molecule has 3 heterocycles. The van der Waals surface area contributed by atoms with E-state index in [4.69, 9.17) is 70.9 Å². The molecule has 6 N–H and O–H groups in total. The first-order valence-corrected chi connectivity index (χ1v) is 49.2. The Balaban J connectivity index is 0.000000288. The molecule has 0 aliphatic heterocycles. The summed E-state index contributed by atoms with van der Waals surface area (Å²) in [7, 11) is -5.93. The van der Waals surface area contributed by atoms with E-state index in [-0.39, 0.29) is 114 Å². The molecule has 0 atom stereocenters. The van der Waals surface area contributed by atoms with Gasteiger partial charge in [0.05, 0.1) is 51.4 Å². The number of anilines is 1. The number of hydrogen-bond acceptors (Lipinski definition) is 22. The standard InChI is InChI=1S/C23H22ClNO5S.C23H22ClNO4S.C12H9ClN2O.C12H15ClO4S.C12H16O2.C10H12O2.C10H14O.C2H3ClO/c1-23(2,15-26)18-4-7-20(8-5-18)31(29,30)14-17-3-6-19(24)13-21(17)22(27)16-9-11-25(28)12-10-16;1-23(2,15-26)18-4-7-20(8-5-18)30(28,29)14-17-3-6-19(24)13-21(17)22(27)16-9-11-25-12-10-16;13-9-1-2-11(14)10(7-9)12(16)8-3-5-15-6-4-8;1-9(14)17-8-12(2,3)10-4-6-11(7-5-10)18(13,15)16;1-10(13)14-9-12(2,3)11-7-5-4-6-8-11;1-10(2,9(11)12)8-6-4-3-5-7-8;1-10(2,8-11)9-6-4-3-5-7-9;1-2(3)4/h3-13,26H,14-15H2,1-2H3;3-13,26H,14-15H2,1-2H3;1-7H,14H2;4-7H,8H2,1-3H3;4-8H,9H2,1-3H3;3-7H,1-2H3,(H,11,12);3-7,11H,8H2,1-2H3;1H3. The highest BCUT2D eigenvalue weighted by Crippen LogP contribution is 2.33. The molecular weight excluding hydrogens is 1900 g/mol. The zero-order valence-corrected chi connectivity index (χ0v) is 84.2. The number of nitrogens with two attached hydrogens (primary N) is 1. The minimum atomic E-state index is -3.75. The molecule has 0 amide bonds. The number of esters is 2. The van der Waals surface area contributed by atoms with Crippen LogP contribution in [0.4, 0.5) is 5.69 Å². The van der Waals surface area contributed by atoms with Gasteiger partial charge in [0.15, 0.2) is 49.4 Å². The van der Waals surface area contributed by atoms with Crippen molar-refractivity contribution < 1.29 is 93.4 Å². The van der Waals surface area contributed by atoms with E-state index in [2.05, 4.69) is 35.4 Å². The first-order valence-electron chi connectivity index (χ1n) is 42.1. The Hall–Kier alpha value is -11.7. The molecule has 0 saturated carbocycles. The normalized spacial score (nSPS) is 11.4. The number of sulfone groups is 2. The Kier molecular flexibility index (Phi) is 43.9. The van der Waals surface area contributed by atoms with Gasteiger partial charge in [0.25, 0.3) is 9.05 Å². The van der Waals surface area contributed by atoms with Crippen molar-refractivity contribution in [1.29, 1.82) is 0 Å². The number of aliphatic carboxylic acids is 1. The molecule has 0 aliphatic carbocycles. The summed E-state index contributed by atoms with van der Waals surface area (Å²) in [6.45, 7) is 27.7. The monoisotopic (exact) mass is 2010 g/mol. The molecule has 12 aromatic rings. The highest BCUT2D eigenvalue weighted by molar-refractivity contribution is 8.13. The summed E-state index contributed by atoms with van der Waals surface area (Å²) in [6, 6.07) is 71.5. The van der Waals surface area contributed by atoms with Crippen molar-refractivity contribution in [3.8, 4) is 0 Å². The molecular formula is C104H113Cl5N4O20S3. The van der Waals surface area contributed by atoms with E-state index in [1.54, 1.807) is 117 Å². The number of carbonyl (C=O) groups excluding carboxylic acids is 6. The third-order valence-corrected chi connectivity index (χ3v) is 26.5. The number of benzene rings is 9. The summed E-state index contributed by atoms with van der Waals surface area (Å²) < 4.78 is 84.9. The molecule has 32 heteroatoms. The molecule has 3 aromatic heterocycles. The number of nitrogens with zero attached hydrogens (tertiary/aromatic N) is 3. The topological polar surface area (TPSA) is 400 Å². The number of carboxylic acid groups (broad SMARTS) is 1. The maximum Gasteiger partial charge on any atom is 0.313 e. The summed E-state index contributed by atoms with van der Waals surface area (Å²) in [5.74, 6) is -2.98. The average molecular weight is 2010 g/mol. The number of rotatable bonds is 27. The summed E-state index contributed by atoms with van der Waals surface area (Å²) in [4.78, 5) is 87.5. The average Bonchev–Trinajstić information content (AvgIpc) is 0.793. The molecule has 0 aliphatic rings. The number of aromatic nitrogens is 3. The van der Waals surface area contributed by atoms with Gasteiger partial charge in [-0.25, -0.2) is 25.3 Å². The predicted octanol–water partition coefficient (Wildman–Crippen LogP) is 20.0. The Morgan fingerprint density at radius 1 is 0.382 bits per heavy atom. The zero-order chi connectivity index (χ0) is 102. The van der Waals surface area contributed by atoms with E-state index in [1.807, 2.05) is 146 Å². The fourth-order valence-corrected chi connectivity index (χ4v) is 16.2. The van der Waals surface area contributed by atoms with Gasteiger partial charge in [-0.1, -0.05) is 244 Å². The third kappa shape index (κ3) is 36.4. The first kappa shape index (κ1) is 115. The van der Waals surface area contributed by atoms with Crippen LogP contribution in [0.3, 0.4) is 0 Å². The zero-order valence-electron chi connectivity index (χ0n) is 78.0. The van der Waals surface area contributed by atoms with Crippen LogP contribution in [0.5, 0.6) is 0 Å². The summed E-state index contributed by atoms with van der Waals surface area (Å²) >= 11 is 22.6. The lowest BCUT2D eigenvalue weighted by Crippen LogP contribution is -2.28. The molecule has 0 fully saturated rings. The highest BCUT2D eigenvalue weighted by atomic mass is 35.7. The van der Waals surface area contributed by atoms with Gasteiger partial charge in [-0.2, -0.15) is 4.73 Å². The number of aliphatic hydroxyl groups is 3. The molecule has 0 spiro atoms. The largest absolute Gasteiger partial charge is 0.619 e. The lowest BCUT2D eigenvalue weighted by atomic mass is 9.85. The van der Waals surface area contributed by atoms with E-state index >= 15 is 0 Å². The number of aliphatic hydroxyl groups excluding tert-OH is 3. The molecule has 0 bridgehead atoms. The molecule has 0 radical (unpaired) electrons. The molecule has 722 valence electrons. The van der Waals surface area contributed by atoms with Crippen LogP contribution in [0.15, 0.2) is 307 Å². The van der Waals surface area contributed by atoms with Gasteiger partial charge in [-0.05, 0) is 173 Å². The number of carboxylic acids is 1. The smallest absolute Gasteiger partial charge is 0.313 e. The van der Waals surface area contributed by atoms with Gasteiger partial charge in [-0.15, -0.1) is 0 Å². The fraction of sp³-hybridized carbons (Fsp3) is 0.269. The van der Waals surface area contributed by atoms with Crippen LogP contribution in [0.1, 0.15) is 196 Å². The molecule has 12 rings (SSSR count). The first-order chi connectivity index (χ1) is 63.4. The van der Waals surface area contributed by atoms with Gasteiger partial charge in [0.2, 0.25) is 5.24 Å². The second-order valence-corrected chi connectivity index (χ2v) is 43.1. The third-order valence-electron chi connectivity index (χ3n) is 21.0. The minimum Gasteiger partial charge on any atom is -0.619 e. The maximum atomic E-state index is 13.0. The van der Waals surface area contributed by atoms with Crippen LogP contribution in [-0.2, 0) is 101 Å². The second-order valence-electron chi connectivity index (χ2n) is 34.7. The highest BCUT2D eigenvalue weighted by Gasteiger charge is 2.31. The number of nitrogen functional groups attached to an aromatic ring is 1. The van der Waals surface area contributed by atoms with Gasteiger partial charge < -0.3 is 40.8 Å². The number of ketones is 3. The SMILES string of the molecule is CC(=O)Cl.CC(=O)OCC(C)(C)c1ccc(S(=O)(=O)Cl)cc1.CC(=O)OCC(C)(C)c1ccccc1.CC(C)(C(=O)O)c1ccccc1.CC(C)(CO)c1ccc(S(=O)(=O)Cc2ccc(Cl)cc2C(=O)c2cc[n+]([O-])cc2)cc1.CC(C)(CO)c1ccc(S(=O)(=O)Cc2ccc(Cl)cc2C(=O)c2ccncc2)cc1.CC(C)(CO)c1ccccc1.Nc1ccc(Cl)cc1C(=O)c1ccncc1. The number of carbonyl (C=O) groups is 7. The van der Waals surface area contributed by atoms with E-state index in [0.717, 1.165) is 22.3 Å². The summed E-state index contributed by atoms with van der Waals surface area (Å²) in [5.41, 5.74) is 12.2. The number of halogens is 5. The van der Waals surface area contributed by atoms with Crippen LogP contribution < -0.4 is 10.5 Å². The Morgan fingerprint density at radius 3 is 0.963 bits per heavy atom. The van der Waals surface area contributed by atoms with Crippen molar-refractivity contribution >= 4 is 132 Å². The quantitative estimate of drug-likeness (QED) is 0.00797. The molecule has 24 nitrogen and oxygen atoms in total. The van der Waals surface area contributed by atoms with E-state index < -0.39 is 56.7 Å². The Labute approximate surface area is 820 Å². The van der Waals surface area contributed by atoms with Gasteiger partial charge in [0.1, 0.15) is 13.2 Å². The molecule has 9 aromatic carbocycles. The number of pyridine rings is 3. The number of ether oxygens (including phenoxy) is 2. The van der Waals surface area contributed by atoms with Crippen LogP contribution in [0.25, 0.3) is 0 Å². The van der Waals surface area contributed by atoms with Crippen molar-refractivity contribution in [2.75, 3.05) is 38.8 Å². The van der Waals surface area contributed by atoms with E-state index in [9.17, 15) is 74.2 Å². The second kappa shape index (κ2) is 52.0. The molecule has 0 saturated heterocycles. The fourth-order valence-electron chi connectivity index (χ4n) is 12.2. The Bertz CT molecular complexity index is 6350. The van der Waals surface area contributed by atoms with E-state index in [1.165, 1.54) is 129 Å². The van der Waals surface area contributed by atoms with Crippen LogP contribution >= 0.6 is 57.1 Å². The minimum absolute atomic E-state index is 0.0512. The predicted molar refractivity (Wildman–Crippen MR) is 533 cm³/mol. The lowest BCUT2D eigenvalue weighted by molar-refractivity contribution is -0.605.